The molecule has 0 unspecified atom stereocenters. The van der Waals surface area contributed by atoms with E-state index >= 15 is 0 Å². The Bertz CT molecular complexity index is 513. The predicted octanol–water partition coefficient (Wildman–Crippen LogP) is 0.972. The van der Waals surface area contributed by atoms with Crippen LogP contribution in [-0.4, -0.2) is 42.4 Å². The number of hydrogen-bond donors (Lipinski definition) is 2. The van der Waals surface area contributed by atoms with Crippen molar-refractivity contribution in [1.29, 1.82) is 0 Å². The van der Waals surface area contributed by atoms with Crippen LogP contribution in [0.5, 0.6) is 0 Å². The molecule has 2 rings (SSSR count). The number of ether oxygens (including phenoxy) is 1. The predicted molar refractivity (Wildman–Crippen MR) is 78.7 cm³/mol. The second-order valence-corrected chi connectivity index (χ2v) is 5.02. The zero-order valence-electron chi connectivity index (χ0n) is 12.0. The maximum Gasteiger partial charge on any atom is 0.269 e. The summed E-state index contributed by atoms with van der Waals surface area (Å²) in [5, 5.41) is 11.4. The van der Waals surface area contributed by atoms with E-state index in [1.54, 1.807) is 12.1 Å². The molecule has 1 aliphatic carbocycles. The summed E-state index contributed by atoms with van der Waals surface area (Å²) in [5.74, 6) is 5.84. The molecule has 0 saturated heterocycles. The molecule has 1 aromatic heterocycles. The van der Waals surface area contributed by atoms with Crippen molar-refractivity contribution < 1.29 is 14.6 Å². The fourth-order valence-electron chi connectivity index (χ4n) is 1.74. The molecule has 0 spiro atoms. The summed E-state index contributed by atoms with van der Waals surface area (Å²) in [6.45, 7) is 1.92. The van der Waals surface area contributed by atoms with Gasteiger partial charge in [0.15, 0.2) is 0 Å². The maximum absolute atomic E-state index is 11.8. The van der Waals surface area contributed by atoms with Crippen LogP contribution in [0.15, 0.2) is 18.3 Å². The van der Waals surface area contributed by atoms with Gasteiger partial charge in [0.1, 0.15) is 12.3 Å². The van der Waals surface area contributed by atoms with Gasteiger partial charge < -0.3 is 15.2 Å². The number of hydrogen-bond acceptors (Lipinski definition) is 4. The molecule has 0 radical (unpaired) electrons. The number of nitrogens with zero attached hydrogens (tertiary/aromatic N) is 1. The minimum absolute atomic E-state index is 0.189. The van der Waals surface area contributed by atoms with E-state index in [0.29, 0.717) is 24.4 Å². The summed E-state index contributed by atoms with van der Waals surface area (Å²) in [4.78, 5) is 15.9. The van der Waals surface area contributed by atoms with E-state index in [1.807, 2.05) is 0 Å². The van der Waals surface area contributed by atoms with Gasteiger partial charge in [-0.05, 0) is 37.3 Å². The number of rotatable bonds is 7. The Kier molecular flexibility index (Phi) is 6.20. The number of aliphatic hydroxyl groups is 1. The van der Waals surface area contributed by atoms with Crippen LogP contribution in [0.25, 0.3) is 0 Å². The number of nitrogens with one attached hydrogen (secondary N) is 1. The molecule has 1 aromatic rings. The zero-order valence-corrected chi connectivity index (χ0v) is 12.0. The molecule has 5 heteroatoms. The summed E-state index contributed by atoms with van der Waals surface area (Å²) >= 11 is 0. The van der Waals surface area contributed by atoms with E-state index in [1.165, 1.54) is 19.0 Å². The lowest BCUT2D eigenvalue weighted by atomic mass is 10.2. The second kappa shape index (κ2) is 8.40. The summed E-state index contributed by atoms with van der Waals surface area (Å²) in [6.07, 6.45) is 4.91. The Labute approximate surface area is 124 Å². The summed E-state index contributed by atoms with van der Waals surface area (Å²) < 4.78 is 5.50. The van der Waals surface area contributed by atoms with Crippen LogP contribution >= 0.6 is 0 Å². The lowest BCUT2D eigenvalue weighted by Gasteiger charge is -2.05. The molecule has 1 aliphatic rings. The van der Waals surface area contributed by atoms with Gasteiger partial charge in [-0.2, -0.15) is 0 Å². The Morgan fingerprint density at radius 3 is 3.00 bits per heavy atom. The maximum atomic E-state index is 11.8. The van der Waals surface area contributed by atoms with Gasteiger partial charge in [-0.15, -0.1) is 0 Å². The number of pyridine rings is 1. The quantitative estimate of drug-likeness (QED) is 0.579. The van der Waals surface area contributed by atoms with E-state index in [-0.39, 0.29) is 12.5 Å². The third-order valence-electron chi connectivity index (χ3n) is 3.11. The largest absolute Gasteiger partial charge is 0.384 e. The van der Waals surface area contributed by atoms with Crippen LogP contribution in [-0.2, 0) is 4.74 Å². The molecule has 1 saturated carbocycles. The van der Waals surface area contributed by atoms with Crippen molar-refractivity contribution in [1.82, 2.24) is 10.3 Å². The SMILES string of the molecule is O=C(NCCCOCC1CC1)c1ccc(C#CCO)cn1. The molecular formula is C16H20N2O3. The fraction of sp³-hybridized carbons (Fsp3) is 0.500. The first kappa shape index (κ1) is 15.5. The van der Waals surface area contributed by atoms with Crippen LogP contribution in [0.3, 0.4) is 0 Å². The molecule has 21 heavy (non-hydrogen) atoms. The Morgan fingerprint density at radius 1 is 1.48 bits per heavy atom. The van der Waals surface area contributed by atoms with Crippen LogP contribution in [0, 0.1) is 17.8 Å². The number of carbonyl (C=O) groups excluding carboxylic acids is 1. The molecule has 0 aromatic carbocycles. The van der Waals surface area contributed by atoms with E-state index in [2.05, 4.69) is 22.1 Å². The molecular weight excluding hydrogens is 268 g/mol. The summed E-state index contributed by atoms with van der Waals surface area (Å²) in [7, 11) is 0. The minimum Gasteiger partial charge on any atom is -0.384 e. The Hall–Kier alpha value is -1.90. The smallest absolute Gasteiger partial charge is 0.269 e. The van der Waals surface area contributed by atoms with Crippen molar-refractivity contribution >= 4 is 5.91 Å². The van der Waals surface area contributed by atoms with Gasteiger partial charge >= 0.3 is 0 Å². The molecule has 1 heterocycles. The highest BCUT2D eigenvalue weighted by molar-refractivity contribution is 5.92. The standard InChI is InChI=1S/C16H20N2O3/c19-9-1-3-13-6-7-15(18-11-13)16(20)17-8-2-10-21-12-14-4-5-14/h6-7,11,14,19H,2,4-5,8-10,12H2,(H,17,20). The van der Waals surface area contributed by atoms with Gasteiger partial charge in [-0.25, -0.2) is 4.98 Å². The average molecular weight is 288 g/mol. The lowest BCUT2D eigenvalue weighted by molar-refractivity contribution is 0.0932. The van der Waals surface area contributed by atoms with Crippen molar-refractivity contribution in [3.8, 4) is 11.8 Å². The topological polar surface area (TPSA) is 71.5 Å². The first-order chi connectivity index (χ1) is 10.3. The molecule has 0 atom stereocenters. The Morgan fingerprint density at radius 2 is 2.33 bits per heavy atom. The van der Waals surface area contributed by atoms with Gasteiger partial charge in [0.25, 0.3) is 5.91 Å². The van der Waals surface area contributed by atoms with Crippen LogP contribution in [0.1, 0.15) is 35.3 Å². The van der Waals surface area contributed by atoms with Gasteiger partial charge in [0.05, 0.1) is 0 Å². The summed E-state index contributed by atoms with van der Waals surface area (Å²) in [6, 6.07) is 3.34. The van der Waals surface area contributed by atoms with Crippen molar-refractivity contribution in [2.24, 2.45) is 5.92 Å². The molecule has 0 bridgehead atoms. The van der Waals surface area contributed by atoms with E-state index in [0.717, 1.165) is 18.9 Å². The first-order valence-corrected chi connectivity index (χ1v) is 7.21. The van der Waals surface area contributed by atoms with Gasteiger partial charge in [0.2, 0.25) is 0 Å². The number of aromatic nitrogens is 1. The molecule has 0 aliphatic heterocycles. The fourth-order valence-corrected chi connectivity index (χ4v) is 1.74. The molecule has 1 fully saturated rings. The van der Waals surface area contributed by atoms with Crippen LogP contribution in [0.2, 0.25) is 0 Å². The highest BCUT2D eigenvalue weighted by atomic mass is 16.5. The van der Waals surface area contributed by atoms with E-state index < -0.39 is 0 Å². The molecule has 1 amide bonds. The number of amides is 1. The minimum atomic E-state index is -0.195. The van der Waals surface area contributed by atoms with Crippen molar-refractivity contribution in [3.05, 3.63) is 29.6 Å². The number of carbonyl (C=O) groups is 1. The third kappa shape index (κ3) is 5.94. The second-order valence-electron chi connectivity index (χ2n) is 5.02. The van der Waals surface area contributed by atoms with Crippen molar-refractivity contribution in [3.63, 3.8) is 0 Å². The molecule has 2 N–H and O–H groups in total. The first-order valence-electron chi connectivity index (χ1n) is 7.21. The van der Waals surface area contributed by atoms with Gasteiger partial charge in [-0.1, -0.05) is 11.8 Å². The zero-order chi connectivity index (χ0) is 14.9. The number of aliphatic hydroxyl groups excluding tert-OH is 1. The van der Waals surface area contributed by atoms with Crippen molar-refractivity contribution in [2.75, 3.05) is 26.4 Å². The molecule has 112 valence electrons. The van der Waals surface area contributed by atoms with E-state index in [4.69, 9.17) is 9.84 Å². The highest BCUT2D eigenvalue weighted by Gasteiger charge is 2.20. The van der Waals surface area contributed by atoms with E-state index in [9.17, 15) is 4.79 Å². The highest BCUT2D eigenvalue weighted by Crippen LogP contribution is 2.28. The third-order valence-corrected chi connectivity index (χ3v) is 3.11. The summed E-state index contributed by atoms with van der Waals surface area (Å²) in [5.41, 5.74) is 1.04. The van der Waals surface area contributed by atoms with Gasteiger partial charge in [0, 0.05) is 31.5 Å². The van der Waals surface area contributed by atoms with Crippen LogP contribution < -0.4 is 5.32 Å². The van der Waals surface area contributed by atoms with Crippen molar-refractivity contribution in [2.45, 2.75) is 19.3 Å². The lowest BCUT2D eigenvalue weighted by Crippen LogP contribution is -2.26. The van der Waals surface area contributed by atoms with Gasteiger partial charge in [-0.3, -0.25) is 4.79 Å². The van der Waals surface area contributed by atoms with Crippen LogP contribution in [0.4, 0.5) is 0 Å². The normalized spacial score (nSPS) is 13.4. The monoisotopic (exact) mass is 288 g/mol. The Balaban J connectivity index is 1.64. The average Bonchev–Trinajstić information content (AvgIpc) is 3.33. The molecule has 5 nitrogen and oxygen atoms in total.